The van der Waals surface area contributed by atoms with Crippen molar-refractivity contribution in [2.75, 3.05) is 13.2 Å². The second kappa shape index (κ2) is 7.32. The third-order valence-electron chi connectivity index (χ3n) is 3.74. The summed E-state index contributed by atoms with van der Waals surface area (Å²) in [7, 11) is 0. The van der Waals surface area contributed by atoms with E-state index in [1.54, 1.807) is 0 Å². The molecule has 3 atom stereocenters. The first-order valence-electron chi connectivity index (χ1n) is 7.33. The third kappa shape index (κ3) is 3.74. The molecule has 3 heteroatoms. The van der Waals surface area contributed by atoms with Crippen LogP contribution in [0.2, 0.25) is 0 Å². The number of aliphatic hydroxyl groups is 1. The molecule has 0 bridgehead atoms. The average molecular weight is 279 g/mol. The summed E-state index contributed by atoms with van der Waals surface area (Å²) in [5.74, 6) is 0. The van der Waals surface area contributed by atoms with Crippen LogP contribution < -0.4 is 5.32 Å². The van der Waals surface area contributed by atoms with E-state index in [9.17, 15) is 0 Å². The Bertz CT molecular complexity index is 396. The van der Waals surface area contributed by atoms with Crippen LogP contribution in [0.15, 0.2) is 24.3 Å². The fourth-order valence-corrected chi connectivity index (χ4v) is 4.29. The molecule has 0 saturated heterocycles. The third-order valence-corrected chi connectivity index (χ3v) is 5.23. The van der Waals surface area contributed by atoms with Crippen LogP contribution in [0.5, 0.6) is 0 Å². The predicted molar refractivity (Wildman–Crippen MR) is 83.7 cm³/mol. The summed E-state index contributed by atoms with van der Waals surface area (Å²) in [5.41, 5.74) is 2.97. The van der Waals surface area contributed by atoms with E-state index >= 15 is 0 Å². The fourth-order valence-electron chi connectivity index (χ4n) is 2.77. The predicted octanol–water partition coefficient (Wildman–Crippen LogP) is 3.16. The molecule has 0 aliphatic heterocycles. The van der Waals surface area contributed by atoms with Gasteiger partial charge in [0.2, 0.25) is 0 Å². The normalized spacial score (nSPS) is 23.3. The quantitative estimate of drug-likeness (QED) is 0.804. The van der Waals surface area contributed by atoms with Gasteiger partial charge in [0.05, 0.1) is 0 Å². The first kappa shape index (κ1) is 14.9. The van der Waals surface area contributed by atoms with Crippen LogP contribution in [0, 0.1) is 0 Å². The van der Waals surface area contributed by atoms with Crippen molar-refractivity contribution < 1.29 is 5.11 Å². The molecule has 106 valence electrons. The zero-order valence-electron chi connectivity index (χ0n) is 11.9. The minimum absolute atomic E-state index is 0.293. The lowest BCUT2D eigenvalue weighted by atomic mass is 10.1. The highest BCUT2D eigenvalue weighted by Gasteiger charge is 2.32. The van der Waals surface area contributed by atoms with Gasteiger partial charge >= 0.3 is 0 Å². The zero-order valence-corrected chi connectivity index (χ0v) is 12.7. The van der Waals surface area contributed by atoms with Gasteiger partial charge in [-0.1, -0.05) is 38.1 Å². The number of nitrogens with one attached hydrogen (secondary N) is 1. The van der Waals surface area contributed by atoms with Gasteiger partial charge in [-0.25, -0.2) is 0 Å². The van der Waals surface area contributed by atoms with Gasteiger partial charge < -0.3 is 10.4 Å². The largest absolute Gasteiger partial charge is 0.396 e. The van der Waals surface area contributed by atoms with Gasteiger partial charge in [-0.15, -0.1) is 0 Å². The molecule has 1 aromatic rings. The Morgan fingerprint density at radius 2 is 2.21 bits per heavy atom. The molecular weight excluding hydrogens is 254 g/mol. The maximum Gasteiger partial charge on any atom is 0.0446 e. The smallest absolute Gasteiger partial charge is 0.0446 e. The van der Waals surface area contributed by atoms with Crippen LogP contribution in [-0.4, -0.2) is 28.8 Å². The highest BCUT2D eigenvalue weighted by molar-refractivity contribution is 8.00. The van der Waals surface area contributed by atoms with E-state index in [-0.39, 0.29) is 0 Å². The van der Waals surface area contributed by atoms with Crippen molar-refractivity contribution in [1.82, 2.24) is 5.32 Å². The summed E-state index contributed by atoms with van der Waals surface area (Å²) in [4.78, 5) is 0. The van der Waals surface area contributed by atoms with E-state index in [4.69, 9.17) is 5.11 Å². The van der Waals surface area contributed by atoms with Crippen LogP contribution in [-0.2, 0) is 6.42 Å². The molecule has 2 nitrogen and oxygen atoms in total. The molecule has 0 fully saturated rings. The Balaban J connectivity index is 2.07. The summed E-state index contributed by atoms with van der Waals surface area (Å²) >= 11 is 2.02. The van der Waals surface area contributed by atoms with E-state index < -0.39 is 0 Å². The minimum Gasteiger partial charge on any atom is -0.396 e. The number of hydrogen-bond donors (Lipinski definition) is 2. The summed E-state index contributed by atoms with van der Waals surface area (Å²) in [6.07, 6.45) is 3.21. The van der Waals surface area contributed by atoms with Crippen molar-refractivity contribution in [3.8, 4) is 0 Å². The average Bonchev–Trinajstić information content (AvgIpc) is 2.74. The van der Waals surface area contributed by atoms with Gasteiger partial charge in [0.1, 0.15) is 0 Å². The minimum atomic E-state index is 0.293. The summed E-state index contributed by atoms with van der Waals surface area (Å²) in [6.45, 7) is 5.80. The molecule has 19 heavy (non-hydrogen) atoms. The molecule has 0 amide bonds. The lowest BCUT2D eigenvalue weighted by Gasteiger charge is -2.24. The van der Waals surface area contributed by atoms with Crippen molar-refractivity contribution in [2.45, 2.75) is 49.7 Å². The second-order valence-electron chi connectivity index (χ2n) is 5.33. The number of rotatable bonds is 7. The van der Waals surface area contributed by atoms with Gasteiger partial charge in [0.25, 0.3) is 0 Å². The van der Waals surface area contributed by atoms with E-state index in [0.717, 1.165) is 19.4 Å². The SMILES string of the molecule is CCCNC1c2ccccc2CC1SC(C)CCO. The number of aliphatic hydroxyl groups excluding tert-OH is 1. The Morgan fingerprint density at radius 1 is 1.42 bits per heavy atom. The molecule has 1 aromatic carbocycles. The lowest BCUT2D eigenvalue weighted by Crippen LogP contribution is -2.29. The van der Waals surface area contributed by atoms with Gasteiger partial charge in [-0.05, 0) is 36.9 Å². The molecule has 0 radical (unpaired) electrons. The van der Waals surface area contributed by atoms with Crippen LogP contribution in [0.3, 0.4) is 0 Å². The van der Waals surface area contributed by atoms with Gasteiger partial charge in [0, 0.05) is 23.1 Å². The first-order valence-corrected chi connectivity index (χ1v) is 8.28. The number of benzene rings is 1. The van der Waals surface area contributed by atoms with Crippen LogP contribution >= 0.6 is 11.8 Å². The summed E-state index contributed by atoms with van der Waals surface area (Å²) in [5, 5.41) is 13.9. The summed E-state index contributed by atoms with van der Waals surface area (Å²) in [6, 6.07) is 9.28. The molecule has 0 saturated carbocycles. The van der Waals surface area contributed by atoms with Gasteiger partial charge in [0.15, 0.2) is 0 Å². The Morgan fingerprint density at radius 3 is 2.95 bits per heavy atom. The first-order chi connectivity index (χ1) is 9.26. The topological polar surface area (TPSA) is 32.3 Å². The molecule has 1 aliphatic carbocycles. The highest BCUT2D eigenvalue weighted by Crippen LogP contribution is 2.40. The molecule has 0 heterocycles. The maximum absolute atomic E-state index is 9.06. The standard InChI is InChI=1S/C16H25NOS/c1-3-9-17-16-14-7-5-4-6-13(14)11-15(16)19-12(2)8-10-18/h4-7,12,15-18H,3,8-11H2,1-2H3. The molecular formula is C16H25NOS. The molecule has 0 aromatic heterocycles. The molecule has 0 spiro atoms. The second-order valence-corrected chi connectivity index (χ2v) is 7.01. The van der Waals surface area contributed by atoms with Crippen LogP contribution in [0.25, 0.3) is 0 Å². The summed E-state index contributed by atoms with van der Waals surface area (Å²) < 4.78 is 0. The van der Waals surface area contributed by atoms with Gasteiger partial charge in [-0.3, -0.25) is 0 Å². The molecule has 3 unspecified atom stereocenters. The maximum atomic E-state index is 9.06. The highest BCUT2D eigenvalue weighted by atomic mass is 32.2. The van der Waals surface area contributed by atoms with E-state index in [1.165, 1.54) is 17.5 Å². The van der Waals surface area contributed by atoms with E-state index in [1.807, 2.05) is 11.8 Å². The molecule has 1 aliphatic rings. The van der Waals surface area contributed by atoms with Crippen molar-refractivity contribution in [3.05, 3.63) is 35.4 Å². The lowest BCUT2D eigenvalue weighted by molar-refractivity contribution is 0.288. The Labute approximate surface area is 121 Å². The van der Waals surface area contributed by atoms with E-state index in [2.05, 4.69) is 43.4 Å². The Kier molecular flexibility index (Phi) is 5.74. The number of fused-ring (bicyclic) bond motifs is 1. The number of thioether (sulfide) groups is 1. The van der Waals surface area contributed by atoms with Gasteiger partial charge in [-0.2, -0.15) is 11.8 Å². The van der Waals surface area contributed by atoms with Crippen molar-refractivity contribution in [3.63, 3.8) is 0 Å². The fraction of sp³-hybridized carbons (Fsp3) is 0.625. The van der Waals surface area contributed by atoms with Crippen molar-refractivity contribution >= 4 is 11.8 Å². The molecule has 2 N–H and O–H groups in total. The van der Waals surface area contributed by atoms with E-state index in [0.29, 0.717) is 23.1 Å². The van der Waals surface area contributed by atoms with Crippen molar-refractivity contribution in [1.29, 1.82) is 0 Å². The van der Waals surface area contributed by atoms with Crippen LogP contribution in [0.1, 0.15) is 43.9 Å². The van der Waals surface area contributed by atoms with Crippen LogP contribution in [0.4, 0.5) is 0 Å². The van der Waals surface area contributed by atoms with Crippen molar-refractivity contribution in [2.24, 2.45) is 0 Å². The Hall–Kier alpha value is -0.510. The molecule has 2 rings (SSSR count). The number of hydrogen-bond acceptors (Lipinski definition) is 3. The monoisotopic (exact) mass is 279 g/mol. The zero-order chi connectivity index (χ0) is 13.7.